The van der Waals surface area contributed by atoms with Gasteiger partial charge in [-0.1, -0.05) is 49.2 Å². The van der Waals surface area contributed by atoms with Crippen molar-refractivity contribution in [3.8, 4) is 11.5 Å². The lowest BCUT2D eigenvalue weighted by Crippen LogP contribution is -2.47. The molecule has 206 valence electrons. The SMILES string of the molecule is COc1cc(CC(C)C)ccc1COc1ccc2c(c1)CCC(CN1CCN(c3ccc(Cl)cc3)CC1)=C2C. The summed E-state index contributed by atoms with van der Waals surface area (Å²) in [7, 11) is 1.74. The average molecular weight is 545 g/mol. The van der Waals surface area contributed by atoms with Crippen LogP contribution in [0.5, 0.6) is 11.5 Å². The van der Waals surface area contributed by atoms with Gasteiger partial charge in [-0.3, -0.25) is 4.90 Å². The predicted molar refractivity (Wildman–Crippen MR) is 163 cm³/mol. The van der Waals surface area contributed by atoms with Crippen molar-refractivity contribution >= 4 is 22.9 Å². The fourth-order valence-electron chi connectivity index (χ4n) is 5.85. The molecule has 0 atom stereocenters. The molecule has 3 aromatic rings. The number of ether oxygens (including phenoxy) is 2. The summed E-state index contributed by atoms with van der Waals surface area (Å²) in [5.41, 5.74) is 9.42. The molecule has 4 nitrogen and oxygen atoms in total. The van der Waals surface area contributed by atoms with Crippen LogP contribution in [0.25, 0.3) is 5.57 Å². The highest BCUT2D eigenvalue weighted by Crippen LogP contribution is 2.34. The van der Waals surface area contributed by atoms with E-state index in [1.54, 1.807) is 12.7 Å². The Hall–Kier alpha value is -2.95. The van der Waals surface area contributed by atoms with E-state index in [0.29, 0.717) is 12.5 Å². The second-order valence-electron chi connectivity index (χ2n) is 11.3. The van der Waals surface area contributed by atoms with Crippen molar-refractivity contribution in [3.05, 3.63) is 93.5 Å². The second-order valence-corrected chi connectivity index (χ2v) is 11.8. The van der Waals surface area contributed by atoms with Crippen LogP contribution in [0.3, 0.4) is 0 Å². The molecule has 1 aliphatic heterocycles. The molecule has 39 heavy (non-hydrogen) atoms. The third-order valence-corrected chi connectivity index (χ3v) is 8.33. The first-order valence-corrected chi connectivity index (χ1v) is 14.6. The summed E-state index contributed by atoms with van der Waals surface area (Å²) in [5.74, 6) is 2.45. The van der Waals surface area contributed by atoms with Crippen LogP contribution < -0.4 is 14.4 Å². The van der Waals surface area contributed by atoms with E-state index in [2.05, 4.69) is 79.1 Å². The van der Waals surface area contributed by atoms with Gasteiger partial charge in [0.25, 0.3) is 0 Å². The molecule has 0 radical (unpaired) electrons. The number of halogens is 1. The van der Waals surface area contributed by atoms with Gasteiger partial charge in [-0.05, 0) is 96.8 Å². The molecule has 0 unspecified atom stereocenters. The number of methoxy groups -OCH3 is 1. The monoisotopic (exact) mass is 544 g/mol. The van der Waals surface area contributed by atoms with Gasteiger partial charge >= 0.3 is 0 Å². The second kappa shape index (κ2) is 12.5. The van der Waals surface area contributed by atoms with Crippen LogP contribution in [0, 0.1) is 5.92 Å². The largest absolute Gasteiger partial charge is 0.496 e. The van der Waals surface area contributed by atoms with E-state index >= 15 is 0 Å². The molecule has 1 fully saturated rings. The van der Waals surface area contributed by atoms with Crippen molar-refractivity contribution < 1.29 is 9.47 Å². The molecule has 1 heterocycles. The lowest BCUT2D eigenvalue weighted by Gasteiger charge is -2.37. The van der Waals surface area contributed by atoms with Gasteiger partial charge < -0.3 is 14.4 Å². The van der Waals surface area contributed by atoms with E-state index in [1.807, 2.05) is 12.1 Å². The summed E-state index contributed by atoms with van der Waals surface area (Å²) >= 11 is 6.07. The molecule has 0 saturated carbocycles. The van der Waals surface area contributed by atoms with E-state index < -0.39 is 0 Å². The molecule has 3 aromatic carbocycles. The maximum absolute atomic E-state index is 6.24. The Morgan fingerprint density at radius 1 is 0.897 bits per heavy atom. The molecule has 0 aromatic heterocycles. The zero-order valence-electron chi connectivity index (χ0n) is 23.8. The maximum atomic E-state index is 6.24. The Bertz CT molecular complexity index is 1310. The first-order chi connectivity index (χ1) is 18.9. The molecular formula is C34H41ClN2O2. The van der Waals surface area contributed by atoms with Crippen LogP contribution in [0.1, 0.15) is 49.4 Å². The van der Waals surface area contributed by atoms with Gasteiger partial charge in [-0.15, -0.1) is 0 Å². The number of allylic oxidation sites excluding steroid dienone is 1. The van der Waals surface area contributed by atoms with Crippen molar-refractivity contribution in [2.75, 3.05) is 44.7 Å². The van der Waals surface area contributed by atoms with E-state index in [1.165, 1.54) is 28.0 Å². The zero-order chi connectivity index (χ0) is 27.4. The van der Waals surface area contributed by atoms with Crippen LogP contribution >= 0.6 is 11.6 Å². The van der Waals surface area contributed by atoms with Crippen molar-refractivity contribution in [1.29, 1.82) is 0 Å². The fraction of sp³-hybridized carbons (Fsp3) is 0.412. The molecule has 5 rings (SSSR count). The normalized spacial score (nSPS) is 16.0. The standard InChI is InChI=1S/C34H41ClN2O2/c1-24(2)19-26-5-6-29(34(20-26)38-4)23-39-32-13-14-33-25(3)28(8-7-27(33)21-32)22-36-15-17-37(18-16-36)31-11-9-30(35)10-12-31/h5-6,9-14,20-21,24H,7-8,15-19,22-23H2,1-4H3. The summed E-state index contributed by atoms with van der Waals surface area (Å²) in [6.45, 7) is 12.6. The van der Waals surface area contributed by atoms with Crippen molar-refractivity contribution in [3.63, 3.8) is 0 Å². The number of aryl methyl sites for hydroxylation is 1. The van der Waals surface area contributed by atoms with Crippen molar-refractivity contribution in [1.82, 2.24) is 4.90 Å². The number of piperazine rings is 1. The lowest BCUT2D eigenvalue weighted by molar-refractivity contribution is 0.276. The van der Waals surface area contributed by atoms with Gasteiger partial charge in [0.05, 0.1) is 7.11 Å². The molecule has 1 saturated heterocycles. The van der Waals surface area contributed by atoms with E-state index in [9.17, 15) is 0 Å². The maximum Gasteiger partial charge on any atom is 0.125 e. The fourth-order valence-corrected chi connectivity index (χ4v) is 5.97. The average Bonchev–Trinajstić information content (AvgIpc) is 2.94. The van der Waals surface area contributed by atoms with Crippen LogP contribution in [0.15, 0.2) is 66.2 Å². The Kier molecular flexibility index (Phi) is 8.84. The van der Waals surface area contributed by atoms with E-state index in [-0.39, 0.29) is 0 Å². The Morgan fingerprint density at radius 3 is 2.38 bits per heavy atom. The molecule has 2 aliphatic rings. The smallest absolute Gasteiger partial charge is 0.125 e. The Morgan fingerprint density at radius 2 is 1.67 bits per heavy atom. The lowest BCUT2D eigenvalue weighted by atomic mass is 9.86. The number of benzene rings is 3. The third kappa shape index (κ3) is 6.80. The topological polar surface area (TPSA) is 24.9 Å². The van der Waals surface area contributed by atoms with Gasteiger partial charge in [0.15, 0.2) is 0 Å². The van der Waals surface area contributed by atoms with E-state index in [4.69, 9.17) is 21.1 Å². The minimum absolute atomic E-state index is 0.506. The van der Waals surface area contributed by atoms with Crippen LogP contribution in [-0.4, -0.2) is 44.7 Å². The number of anilines is 1. The first kappa shape index (κ1) is 27.6. The van der Waals surface area contributed by atoms with Gasteiger partial charge in [0, 0.05) is 49.0 Å². The van der Waals surface area contributed by atoms with E-state index in [0.717, 1.165) is 74.1 Å². The minimum atomic E-state index is 0.506. The molecule has 0 N–H and O–H groups in total. The van der Waals surface area contributed by atoms with Gasteiger partial charge in [0.2, 0.25) is 0 Å². The summed E-state index contributed by atoms with van der Waals surface area (Å²) in [4.78, 5) is 5.06. The molecule has 1 aliphatic carbocycles. The molecule has 5 heteroatoms. The number of rotatable bonds is 9. The number of nitrogens with zero attached hydrogens (tertiary/aromatic N) is 2. The predicted octanol–water partition coefficient (Wildman–Crippen LogP) is 7.67. The molecule has 0 spiro atoms. The van der Waals surface area contributed by atoms with Crippen LogP contribution in [0.4, 0.5) is 5.69 Å². The zero-order valence-corrected chi connectivity index (χ0v) is 24.6. The van der Waals surface area contributed by atoms with Gasteiger partial charge in [-0.2, -0.15) is 0 Å². The Labute approximate surface area is 239 Å². The van der Waals surface area contributed by atoms with Crippen LogP contribution in [0.2, 0.25) is 5.02 Å². The molecule has 0 amide bonds. The van der Waals surface area contributed by atoms with Gasteiger partial charge in [0.1, 0.15) is 18.1 Å². The van der Waals surface area contributed by atoms with Gasteiger partial charge in [-0.25, -0.2) is 0 Å². The highest BCUT2D eigenvalue weighted by Gasteiger charge is 2.22. The van der Waals surface area contributed by atoms with Crippen molar-refractivity contribution in [2.24, 2.45) is 5.92 Å². The summed E-state index contributed by atoms with van der Waals surface area (Å²) in [6, 6.07) is 21.3. The van der Waals surface area contributed by atoms with Crippen LogP contribution in [-0.2, 0) is 19.4 Å². The quantitative estimate of drug-likeness (QED) is 0.276. The molecule has 0 bridgehead atoms. The number of hydrogen-bond acceptors (Lipinski definition) is 4. The third-order valence-electron chi connectivity index (χ3n) is 8.08. The summed E-state index contributed by atoms with van der Waals surface area (Å²) in [5, 5.41) is 0.795. The van der Waals surface area contributed by atoms with Crippen molar-refractivity contribution in [2.45, 2.75) is 46.6 Å². The summed E-state index contributed by atoms with van der Waals surface area (Å²) < 4.78 is 11.9. The number of fused-ring (bicyclic) bond motifs is 1. The highest BCUT2D eigenvalue weighted by molar-refractivity contribution is 6.30. The minimum Gasteiger partial charge on any atom is -0.496 e. The number of hydrogen-bond donors (Lipinski definition) is 0. The highest BCUT2D eigenvalue weighted by atomic mass is 35.5. The Balaban J connectivity index is 1.19. The summed E-state index contributed by atoms with van der Waals surface area (Å²) in [6.07, 6.45) is 3.23. The first-order valence-electron chi connectivity index (χ1n) is 14.2. The molecular weight excluding hydrogens is 504 g/mol.